The molecule has 1 amide bonds. The van der Waals surface area contributed by atoms with Gasteiger partial charge in [-0.25, -0.2) is 0 Å². The molecule has 1 aliphatic heterocycles. The molecule has 1 aromatic rings. The Balaban J connectivity index is 1.65. The van der Waals surface area contributed by atoms with E-state index in [0.717, 1.165) is 32.1 Å². The van der Waals surface area contributed by atoms with Crippen LogP contribution in [0, 0.1) is 11.8 Å². The second kappa shape index (κ2) is 7.59. The largest absolute Gasteiger partial charge is 0.469 e. The average Bonchev–Trinajstić information content (AvgIpc) is 2.95. The van der Waals surface area contributed by atoms with Crippen molar-refractivity contribution in [2.24, 2.45) is 11.8 Å². The third-order valence-electron chi connectivity index (χ3n) is 6.18. The molecule has 1 saturated heterocycles. The molecule has 0 radical (unpaired) electrons. The van der Waals surface area contributed by atoms with E-state index in [4.69, 9.17) is 4.74 Å². The maximum absolute atomic E-state index is 13.2. The Morgan fingerprint density at radius 3 is 2.20 bits per heavy atom. The number of hydrogen-bond acceptors (Lipinski definition) is 3. The van der Waals surface area contributed by atoms with Gasteiger partial charge in [-0.15, -0.1) is 0 Å². The monoisotopic (exact) mass is 343 g/mol. The SMILES string of the molecule is COC(=O)C1CCC(C(=O)N2[C@H](C)C[C@H](c3ccccc3)[C@H]2C)CC1. The first-order valence-electron chi connectivity index (χ1n) is 9.47. The van der Waals surface area contributed by atoms with Gasteiger partial charge in [-0.3, -0.25) is 9.59 Å². The molecule has 0 spiro atoms. The molecule has 0 N–H and O–H groups in total. The van der Waals surface area contributed by atoms with E-state index in [9.17, 15) is 9.59 Å². The summed E-state index contributed by atoms with van der Waals surface area (Å²) < 4.78 is 4.85. The fourth-order valence-corrected chi connectivity index (χ4v) is 4.76. The summed E-state index contributed by atoms with van der Waals surface area (Å²) in [4.78, 5) is 27.0. The fraction of sp³-hybridized carbons (Fsp3) is 0.619. The van der Waals surface area contributed by atoms with Crippen LogP contribution in [0.25, 0.3) is 0 Å². The predicted molar refractivity (Wildman–Crippen MR) is 97.0 cm³/mol. The van der Waals surface area contributed by atoms with E-state index in [0.29, 0.717) is 5.92 Å². The average molecular weight is 343 g/mol. The van der Waals surface area contributed by atoms with Crippen LogP contribution in [0.5, 0.6) is 0 Å². The summed E-state index contributed by atoms with van der Waals surface area (Å²) in [6, 6.07) is 11.0. The number of likely N-dealkylation sites (tertiary alicyclic amines) is 1. The summed E-state index contributed by atoms with van der Waals surface area (Å²) >= 11 is 0. The highest BCUT2D eigenvalue weighted by Crippen LogP contribution is 2.40. The standard InChI is InChI=1S/C21H29NO3/c1-14-13-19(16-7-5-4-6-8-16)15(2)22(14)20(23)17-9-11-18(12-10-17)21(24)25-3/h4-8,14-15,17-19H,9-13H2,1-3H3/t14-,15-,17?,18?,19+/m1/s1. The maximum atomic E-state index is 13.2. The van der Waals surface area contributed by atoms with Gasteiger partial charge < -0.3 is 9.64 Å². The second-order valence-electron chi connectivity index (χ2n) is 7.66. The zero-order valence-corrected chi connectivity index (χ0v) is 15.5. The normalized spacial score (nSPS) is 32.4. The molecule has 1 aliphatic carbocycles. The highest BCUT2D eigenvalue weighted by Gasteiger charge is 2.42. The lowest BCUT2D eigenvalue weighted by atomic mass is 9.81. The minimum atomic E-state index is -0.127. The molecule has 1 saturated carbocycles. The minimum absolute atomic E-state index is 0.0282. The van der Waals surface area contributed by atoms with Crippen molar-refractivity contribution < 1.29 is 14.3 Å². The van der Waals surface area contributed by atoms with Crippen molar-refractivity contribution >= 4 is 11.9 Å². The van der Waals surface area contributed by atoms with E-state index in [1.807, 2.05) is 6.07 Å². The van der Waals surface area contributed by atoms with E-state index in [1.165, 1.54) is 12.7 Å². The highest BCUT2D eigenvalue weighted by molar-refractivity contribution is 5.80. The van der Waals surface area contributed by atoms with Crippen LogP contribution in [0.15, 0.2) is 30.3 Å². The summed E-state index contributed by atoms with van der Waals surface area (Å²) in [6.07, 6.45) is 4.15. The minimum Gasteiger partial charge on any atom is -0.469 e. The van der Waals surface area contributed by atoms with Crippen molar-refractivity contribution in [2.75, 3.05) is 7.11 Å². The third-order valence-corrected chi connectivity index (χ3v) is 6.18. The molecule has 0 aromatic heterocycles. The number of carbonyl (C=O) groups excluding carboxylic acids is 2. The van der Waals surface area contributed by atoms with Crippen LogP contribution in [0.3, 0.4) is 0 Å². The first-order chi connectivity index (χ1) is 12.0. The van der Waals surface area contributed by atoms with Crippen LogP contribution in [0.2, 0.25) is 0 Å². The highest BCUT2D eigenvalue weighted by atomic mass is 16.5. The van der Waals surface area contributed by atoms with Crippen molar-refractivity contribution in [3.8, 4) is 0 Å². The van der Waals surface area contributed by atoms with Gasteiger partial charge in [0.15, 0.2) is 0 Å². The Labute approximate surface area is 150 Å². The predicted octanol–water partition coefficient (Wildman–Crippen LogP) is 3.76. The van der Waals surface area contributed by atoms with E-state index in [-0.39, 0.29) is 35.8 Å². The Bertz CT molecular complexity index is 607. The van der Waals surface area contributed by atoms with E-state index >= 15 is 0 Å². The van der Waals surface area contributed by atoms with Gasteiger partial charge in [0.1, 0.15) is 0 Å². The number of esters is 1. The molecule has 25 heavy (non-hydrogen) atoms. The Morgan fingerprint density at radius 2 is 1.60 bits per heavy atom. The van der Waals surface area contributed by atoms with Crippen molar-refractivity contribution in [2.45, 2.75) is 64.0 Å². The van der Waals surface area contributed by atoms with E-state index in [1.54, 1.807) is 0 Å². The number of hydrogen-bond donors (Lipinski definition) is 0. The van der Waals surface area contributed by atoms with Crippen LogP contribution < -0.4 is 0 Å². The Kier molecular flexibility index (Phi) is 5.45. The second-order valence-corrected chi connectivity index (χ2v) is 7.66. The van der Waals surface area contributed by atoms with Gasteiger partial charge >= 0.3 is 5.97 Å². The molecular formula is C21H29NO3. The number of carbonyl (C=O) groups is 2. The lowest BCUT2D eigenvalue weighted by Gasteiger charge is -2.34. The zero-order valence-electron chi connectivity index (χ0n) is 15.5. The van der Waals surface area contributed by atoms with E-state index in [2.05, 4.69) is 43.0 Å². The first kappa shape index (κ1) is 18.0. The third kappa shape index (κ3) is 3.58. The summed E-state index contributed by atoms with van der Waals surface area (Å²) in [6.45, 7) is 4.34. The molecule has 1 heterocycles. The van der Waals surface area contributed by atoms with Gasteiger partial charge in [0.2, 0.25) is 5.91 Å². The molecule has 0 unspecified atom stereocenters. The number of rotatable bonds is 3. The van der Waals surface area contributed by atoms with Gasteiger partial charge in [0.25, 0.3) is 0 Å². The molecule has 3 rings (SSSR count). The molecule has 2 aliphatic rings. The molecule has 3 atom stereocenters. The van der Waals surface area contributed by atoms with Crippen LogP contribution in [0.1, 0.15) is 57.4 Å². The maximum Gasteiger partial charge on any atom is 0.308 e. The number of amides is 1. The molecular weight excluding hydrogens is 314 g/mol. The van der Waals surface area contributed by atoms with E-state index < -0.39 is 0 Å². The molecule has 4 heteroatoms. The molecule has 4 nitrogen and oxygen atoms in total. The van der Waals surface area contributed by atoms with Crippen molar-refractivity contribution in [1.82, 2.24) is 4.90 Å². The molecule has 2 fully saturated rings. The van der Waals surface area contributed by atoms with Crippen LogP contribution >= 0.6 is 0 Å². The van der Waals surface area contributed by atoms with Crippen LogP contribution in [-0.4, -0.2) is 36.0 Å². The summed E-state index contributed by atoms with van der Waals surface area (Å²) in [5.41, 5.74) is 1.33. The Morgan fingerprint density at radius 1 is 1.00 bits per heavy atom. The fourth-order valence-electron chi connectivity index (χ4n) is 4.76. The molecule has 136 valence electrons. The quantitative estimate of drug-likeness (QED) is 0.785. The first-order valence-corrected chi connectivity index (χ1v) is 9.47. The summed E-state index contributed by atoms with van der Waals surface area (Å²) in [5, 5.41) is 0. The lowest BCUT2D eigenvalue weighted by Crippen LogP contribution is -2.44. The number of ether oxygens (including phenoxy) is 1. The lowest BCUT2D eigenvalue weighted by molar-refractivity contribution is -0.149. The Hall–Kier alpha value is -1.84. The van der Waals surface area contributed by atoms with Gasteiger partial charge in [-0.1, -0.05) is 30.3 Å². The van der Waals surface area contributed by atoms with Gasteiger partial charge in [-0.05, 0) is 51.5 Å². The van der Waals surface area contributed by atoms with Crippen molar-refractivity contribution in [1.29, 1.82) is 0 Å². The number of methoxy groups -OCH3 is 1. The van der Waals surface area contributed by atoms with Crippen molar-refractivity contribution in [3.63, 3.8) is 0 Å². The van der Waals surface area contributed by atoms with Crippen LogP contribution in [-0.2, 0) is 14.3 Å². The smallest absolute Gasteiger partial charge is 0.308 e. The topological polar surface area (TPSA) is 46.6 Å². The van der Waals surface area contributed by atoms with Gasteiger partial charge in [-0.2, -0.15) is 0 Å². The van der Waals surface area contributed by atoms with Gasteiger partial charge in [0, 0.05) is 23.9 Å². The summed E-state index contributed by atoms with van der Waals surface area (Å²) in [7, 11) is 1.44. The van der Waals surface area contributed by atoms with Crippen LogP contribution in [0.4, 0.5) is 0 Å². The number of benzene rings is 1. The summed E-state index contributed by atoms with van der Waals surface area (Å²) in [5.74, 6) is 0.589. The zero-order chi connectivity index (χ0) is 18.0. The number of nitrogens with zero attached hydrogens (tertiary/aromatic N) is 1. The van der Waals surface area contributed by atoms with Gasteiger partial charge in [0.05, 0.1) is 13.0 Å². The molecule has 0 bridgehead atoms. The molecule has 1 aromatic carbocycles. The van der Waals surface area contributed by atoms with Crippen molar-refractivity contribution in [3.05, 3.63) is 35.9 Å².